The molecule has 0 saturated carbocycles. The maximum atomic E-state index is 13.3. The third kappa shape index (κ3) is 4.15. The van der Waals surface area contributed by atoms with Crippen LogP contribution in [0.15, 0.2) is 48.5 Å². The summed E-state index contributed by atoms with van der Waals surface area (Å²) in [6.45, 7) is 10.1. The topological polar surface area (TPSA) is 60.3 Å². The number of aromatic nitrogens is 1. The molecule has 0 saturated heterocycles. The Hall–Kier alpha value is -3.34. The van der Waals surface area contributed by atoms with Crippen molar-refractivity contribution in [3.05, 3.63) is 87.7 Å². The third-order valence-electron chi connectivity index (χ3n) is 5.37. The van der Waals surface area contributed by atoms with Crippen molar-refractivity contribution >= 4 is 17.6 Å². The molecule has 156 valence electrons. The van der Waals surface area contributed by atoms with Gasteiger partial charge in [-0.2, -0.15) is 0 Å². The summed E-state index contributed by atoms with van der Waals surface area (Å²) in [5, 5.41) is 3.05. The number of rotatable bonds is 6. The number of nitrogens with zero attached hydrogens (tertiary/aromatic N) is 1. The van der Waals surface area contributed by atoms with Crippen molar-refractivity contribution in [2.24, 2.45) is 0 Å². The zero-order valence-electron chi connectivity index (χ0n) is 18.2. The SMILES string of the molecule is CCOC(=O)c1c(C)c(C(=O)Nc2c(C)cccc2C)c(C)n1Cc1ccccc1. The highest BCUT2D eigenvalue weighted by atomic mass is 16.5. The van der Waals surface area contributed by atoms with Crippen LogP contribution in [0.1, 0.15) is 55.7 Å². The van der Waals surface area contributed by atoms with Gasteiger partial charge in [-0.05, 0) is 56.9 Å². The van der Waals surface area contributed by atoms with Crippen LogP contribution in [0.2, 0.25) is 0 Å². The van der Waals surface area contributed by atoms with Gasteiger partial charge >= 0.3 is 5.97 Å². The van der Waals surface area contributed by atoms with Crippen LogP contribution in [-0.2, 0) is 11.3 Å². The van der Waals surface area contributed by atoms with Crippen molar-refractivity contribution in [2.75, 3.05) is 11.9 Å². The first-order chi connectivity index (χ1) is 14.3. The van der Waals surface area contributed by atoms with Crippen molar-refractivity contribution in [3.8, 4) is 0 Å². The van der Waals surface area contributed by atoms with E-state index in [0.717, 1.165) is 28.1 Å². The van der Waals surface area contributed by atoms with Crippen molar-refractivity contribution in [3.63, 3.8) is 0 Å². The smallest absolute Gasteiger partial charge is 0.355 e. The van der Waals surface area contributed by atoms with Crippen LogP contribution in [0.5, 0.6) is 0 Å². The molecule has 0 aliphatic heterocycles. The van der Waals surface area contributed by atoms with Crippen molar-refractivity contribution in [1.29, 1.82) is 0 Å². The van der Waals surface area contributed by atoms with Gasteiger partial charge < -0.3 is 14.6 Å². The van der Waals surface area contributed by atoms with Gasteiger partial charge in [0.1, 0.15) is 5.69 Å². The number of esters is 1. The summed E-state index contributed by atoms with van der Waals surface area (Å²) < 4.78 is 7.18. The van der Waals surface area contributed by atoms with E-state index in [-0.39, 0.29) is 12.5 Å². The van der Waals surface area contributed by atoms with E-state index in [4.69, 9.17) is 4.74 Å². The lowest BCUT2D eigenvalue weighted by atomic mass is 10.1. The number of carbonyl (C=O) groups is 2. The second-order valence-corrected chi connectivity index (χ2v) is 7.45. The maximum Gasteiger partial charge on any atom is 0.355 e. The summed E-state index contributed by atoms with van der Waals surface area (Å²) in [5.74, 6) is -0.639. The average molecular weight is 405 g/mol. The molecule has 0 atom stereocenters. The first kappa shape index (κ1) is 21.4. The summed E-state index contributed by atoms with van der Waals surface area (Å²) in [6.07, 6.45) is 0. The summed E-state index contributed by atoms with van der Waals surface area (Å²) >= 11 is 0. The van der Waals surface area contributed by atoms with Crippen molar-refractivity contribution < 1.29 is 14.3 Å². The fraction of sp³-hybridized carbons (Fsp3) is 0.280. The summed E-state index contributed by atoms with van der Waals surface area (Å²) in [5.41, 5.74) is 6.13. The molecule has 3 aromatic rings. The second-order valence-electron chi connectivity index (χ2n) is 7.45. The number of carbonyl (C=O) groups excluding carboxylic acids is 2. The largest absolute Gasteiger partial charge is 0.461 e. The van der Waals surface area contributed by atoms with Crippen LogP contribution in [-0.4, -0.2) is 23.1 Å². The van der Waals surface area contributed by atoms with Gasteiger partial charge in [0.25, 0.3) is 5.91 Å². The van der Waals surface area contributed by atoms with Gasteiger partial charge in [0.2, 0.25) is 0 Å². The Morgan fingerprint density at radius 2 is 1.57 bits per heavy atom. The number of amides is 1. The number of benzene rings is 2. The molecule has 0 spiro atoms. The van der Waals surface area contributed by atoms with E-state index in [0.29, 0.717) is 23.4 Å². The molecule has 1 N–H and O–H groups in total. The molecule has 2 aromatic carbocycles. The van der Waals surface area contributed by atoms with E-state index in [1.54, 1.807) is 13.8 Å². The van der Waals surface area contributed by atoms with Crippen LogP contribution in [0.3, 0.4) is 0 Å². The number of ether oxygens (including phenoxy) is 1. The minimum atomic E-state index is -0.417. The molecular formula is C25H28N2O3. The highest BCUT2D eigenvalue weighted by Gasteiger charge is 2.27. The Morgan fingerprint density at radius 1 is 0.933 bits per heavy atom. The molecule has 1 amide bonds. The number of hydrogen-bond donors (Lipinski definition) is 1. The summed E-state index contributed by atoms with van der Waals surface area (Å²) in [7, 11) is 0. The quantitative estimate of drug-likeness (QED) is 0.575. The van der Waals surface area contributed by atoms with Gasteiger partial charge in [-0.1, -0.05) is 48.5 Å². The predicted molar refractivity (Wildman–Crippen MR) is 119 cm³/mol. The van der Waals surface area contributed by atoms with Crippen LogP contribution in [0.25, 0.3) is 0 Å². The van der Waals surface area contributed by atoms with E-state index >= 15 is 0 Å². The molecule has 5 nitrogen and oxygen atoms in total. The molecule has 0 unspecified atom stereocenters. The van der Waals surface area contributed by atoms with Gasteiger partial charge in [0, 0.05) is 17.9 Å². The lowest BCUT2D eigenvalue weighted by Gasteiger charge is -2.13. The molecule has 0 aliphatic carbocycles. The fourth-order valence-corrected chi connectivity index (χ4v) is 3.84. The van der Waals surface area contributed by atoms with Crippen LogP contribution in [0.4, 0.5) is 5.69 Å². The molecule has 0 bridgehead atoms. The van der Waals surface area contributed by atoms with Crippen molar-refractivity contribution in [2.45, 2.75) is 41.2 Å². The van der Waals surface area contributed by atoms with Gasteiger partial charge in [-0.3, -0.25) is 4.79 Å². The Kier molecular flexibility index (Phi) is 6.40. The Labute approximate surface area is 177 Å². The highest BCUT2D eigenvalue weighted by molar-refractivity contribution is 6.09. The molecule has 1 aromatic heterocycles. The van der Waals surface area contributed by atoms with E-state index in [2.05, 4.69) is 5.32 Å². The predicted octanol–water partition coefficient (Wildman–Crippen LogP) is 5.20. The van der Waals surface area contributed by atoms with Gasteiger partial charge in [-0.15, -0.1) is 0 Å². The van der Waals surface area contributed by atoms with E-state index in [9.17, 15) is 9.59 Å². The van der Waals surface area contributed by atoms with Crippen LogP contribution >= 0.6 is 0 Å². The van der Waals surface area contributed by atoms with E-state index in [1.807, 2.05) is 73.9 Å². The molecule has 30 heavy (non-hydrogen) atoms. The highest BCUT2D eigenvalue weighted by Crippen LogP contribution is 2.27. The van der Waals surface area contributed by atoms with Crippen LogP contribution < -0.4 is 5.32 Å². The van der Waals surface area contributed by atoms with Gasteiger partial charge in [0.05, 0.1) is 12.2 Å². The maximum absolute atomic E-state index is 13.3. The van der Waals surface area contributed by atoms with E-state index in [1.165, 1.54) is 0 Å². The lowest BCUT2D eigenvalue weighted by molar-refractivity contribution is 0.0513. The Morgan fingerprint density at radius 3 is 2.17 bits per heavy atom. The monoisotopic (exact) mass is 404 g/mol. The molecule has 0 radical (unpaired) electrons. The normalized spacial score (nSPS) is 10.7. The molecule has 5 heteroatoms. The lowest BCUT2D eigenvalue weighted by Crippen LogP contribution is -2.16. The van der Waals surface area contributed by atoms with E-state index < -0.39 is 5.97 Å². The molecule has 1 heterocycles. The Bertz CT molecular complexity index is 1060. The second kappa shape index (κ2) is 8.99. The number of hydrogen-bond acceptors (Lipinski definition) is 3. The number of aryl methyl sites for hydroxylation is 2. The Balaban J connectivity index is 2.07. The first-order valence-electron chi connectivity index (χ1n) is 10.1. The molecule has 0 aliphatic rings. The average Bonchev–Trinajstić information content (AvgIpc) is 2.95. The minimum Gasteiger partial charge on any atom is -0.461 e. The summed E-state index contributed by atoms with van der Waals surface area (Å²) in [4.78, 5) is 26.0. The fourth-order valence-electron chi connectivity index (χ4n) is 3.84. The van der Waals surface area contributed by atoms with Crippen molar-refractivity contribution in [1.82, 2.24) is 4.57 Å². The number of nitrogens with one attached hydrogen (secondary N) is 1. The summed E-state index contributed by atoms with van der Waals surface area (Å²) in [6, 6.07) is 15.8. The molecular weight excluding hydrogens is 376 g/mol. The van der Waals surface area contributed by atoms with Gasteiger partial charge in [0.15, 0.2) is 0 Å². The standard InChI is InChI=1S/C25H28N2O3/c1-6-30-25(29)23-18(4)21(19(5)27(23)15-20-13-8-7-9-14-20)24(28)26-22-16(2)11-10-12-17(22)3/h7-14H,6,15H2,1-5H3,(H,26,28). The first-order valence-corrected chi connectivity index (χ1v) is 10.1. The molecule has 3 rings (SSSR count). The van der Waals surface area contributed by atoms with Gasteiger partial charge in [-0.25, -0.2) is 4.79 Å². The minimum absolute atomic E-state index is 0.222. The molecule has 0 fully saturated rings. The number of anilines is 1. The van der Waals surface area contributed by atoms with Crippen LogP contribution in [0, 0.1) is 27.7 Å². The zero-order valence-corrected chi connectivity index (χ0v) is 18.2. The zero-order chi connectivity index (χ0) is 21.8. The number of para-hydroxylation sites is 1. The third-order valence-corrected chi connectivity index (χ3v) is 5.37.